The number of piperidine rings is 1. The molecule has 0 radical (unpaired) electrons. The predicted molar refractivity (Wildman–Crippen MR) is 74.5 cm³/mol. The Morgan fingerprint density at radius 3 is 2.39 bits per heavy atom. The molecule has 3 N–H and O–H groups in total. The van der Waals surface area contributed by atoms with E-state index in [2.05, 4.69) is 11.8 Å². The minimum absolute atomic E-state index is 0.343. The van der Waals surface area contributed by atoms with Crippen LogP contribution in [-0.2, 0) is 0 Å². The van der Waals surface area contributed by atoms with Crippen LogP contribution in [0.4, 0.5) is 0 Å². The Bertz CT molecular complexity index is 355. The second-order valence-electron chi connectivity index (χ2n) is 5.23. The Morgan fingerprint density at radius 2 is 1.89 bits per heavy atom. The van der Waals surface area contributed by atoms with Gasteiger partial charge in [-0.2, -0.15) is 0 Å². The van der Waals surface area contributed by atoms with E-state index in [1.165, 1.54) is 18.4 Å². The van der Waals surface area contributed by atoms with Crippen LogP contribution in [0.15, 0.2) is 24.3 Å². The minimum Gasteiger partial charge on any atom is -0.508 e. The maximum Gasteiger partial charge on any atom is 0.115 e. The number of aromatic hydroxyl groups is 1. The van der Waals surface area contributed by atoms with Crippen molar-refractivity contribution in [3.05, 3.63) is 29.8 Å². The van der Waals surface area contributed by atoms with E-state index >= 15 is 0 Å². The smallest absolute Gasteiger partial charge is 0.115 e. The Balaban J connectivity index is 2.03. The van der Waals surface area contributed by atoms with Gasteiger partial charge in [0.2, 0.25) is 0 Å². The molecule has 100 valence electrons. The van der Waals surface area contributed by atoms with Gasteiger partial charge in [-0.3, -0.25) is 4.90 Å². The van der Waals surface area contributed by atoms with Gasteiger partial charge in [-0.25, -0.2) is 0 Å². The van der Waals surface area contributed by atoms with Crippen LogP contribution in [0.5, 0.6) is 5.75 Å². The van der Waals surface area contributed by atoms with Crippen LogP contribution in [-0.4, -0.2) is 29.6 Å². The van der Waals surface area contributed by atoms with E-state index in [0.717, 1.165) is 26.1 Å². The molecule has 1 heterocycles. The van der Waals surface area contributed by atoms with Crippen LogP contribution in [0.2, 0.25) is 0 Å². The Labute approximate surface area is 110 Å². The van der Waals surface area contributed by atoms with Crippen molar-refractivity contribution in [2.24, 2.45) is 11.7 Å². The van der Waals surface area contributed by atoms with Gasteiger partial charge >= 0.3 is 0 Å². The summed E-state index contributed by atoms with van der Waals surface area (Å²) in [6.45, 7) is 5.33. The zero-order valence-electron chi connectivity index (χ0n) is 11.2. The van der Waals surface area contributed by atoms with Crippen molar-refractivity contribution >= 4 is 0 Å². The largest absolute Gasteiger partial charge is 0.508 e. The fraction of sp³-hybridized carbons (Fsp3) is 0.600. The average molecular weight is 248 g/mol. The van der Waals surface area contributed by atoms with Gasteiger partial charge in [0, 0.05) is 6.04 Å². The van der Waals surface area contributed by atoms with E-state index in [4.69, 9.17) is 5.73 Å². The summed E-state index contributed by atoms with van der Waals surface area (Å²) in [4.78, 5) is 2.55. The second kappa shape index (κ2) is 6.21. The number of hydrogen-bond acceptors (Lipinski definition) is 3. The topological polar surface area (TPSA) is 49.5 Å². The van der Waals surface area contributed by atoms with Gasteiger partial charge in [0.25, 0.3) is 0 Å². The molecular weight excluding hydrogens is 224 g/mol. The molecule has 0 spiro atoms. The molecule has 18 heavy (non-hydrogen) atoms. The molecule has 0 saturated carbocycles. The first-order valence-electron chi connectivity index (χ1n) is 6.97. The lowest BCUT2D eigenvalue weighted by molar-refractivity contribution is 0.131. The van der Waals surface area contributed by atoms with Gasteiger partial charge in [0.1, 0.15) is 5.75 Å². The van der Waals surface area contributed by atoms with Gasteiger partial charge in [0.05, 0.1) is 0 Å². The molecule has 1 aliphatic heterocycles. The monoisotopic (exact) mass is 248 g/mol. The van der Waals surface area contributed by atoms with E-state index in [1.54, 1.807) is 12.1 Å². The number of likely N-dealkylation sites (tertiary alicyclic amines) is 1. The first-order valence-corrected chi connectivity index (χ1v) is 6.97. The summed E-state index contributed by atoms with van der Waals surface area (Å²) in [6, 6.07) is 8.12. The molecule has 1 aliphatic rings. The van der Waals surface area contributed by atoms with Crippen molar-refractivity contribution < 1.29 is 5.11 Å². The predicted octanol–water partition coefficient (Wildman–Crippen LogP) is 2.51. The molecule has 1 unspecified atom stereocenters. The van der Waals surface area contributed by atoms with Gasteiger partial charge in [-0.05, 0) is 62.5 Å². The fourth-order valence-corrected chi connectivity index (χ4v) is 2.90. The highest BCUT2D eigenvalue weighted by molar-refractivity contribution is 5.28. The molecule has 0 aromatic heterocycles. The van der Waals surface area contributed by atoms with Crippen LogP contribution in [0, 0.1) is 5.92 Å². The number of rotatable bonds is 4. The van der Waals surface area contributed by atoms with Crippen molar-refractivity contribution in [2.45, 2.75) is 32.2 Å². The summed E-state index contributed by atoms with van der Waals surface area (Å²) in [5, 5.41) is 9.36. The van der Waals surface area contributed by atoms with E-state index in [0.29, 0.717) is 17.7 Å². The Kier molecular flexibility index (Phi) is 4.61. The molecule has 1 aromatic carbocycles. The van der Waals surface area contributed by atoms with Gasteiger partial charge in [0.15, 0.2) is 0 Å². The molecular formula is C15H24N2O. The van der Waals surface area contributed by atoms with E-state index in [9.17, 15) is 5.11 Å². The van der Waals surface area contributed by atoms with Crippen LogP contribution in [0.1, 0.15) is 37.8 Å². The summed E-state index contributed by atoms with van der Waals surface area (Å²) in [5.74, 6) is 1.05. The van der Waals surface area contributed by atoms with Crippen molar-refractivity contribution in [1.29, 1.82) is 0 Å². The SMILES string of the molecule is CCC(c1ccc(O)cc1)N1CCC(CN)CC1. The number of nitrogens with zero attached hydrogens (tertiary/aromatic N) is 1. The number of hydrogen-bond donors (Lipinski definition) is 2. The molecule has 2 rings (SSSR count). The molecule has 1 aromatic rings. The molecule has 0 amide bonds. The molecule has 0 bridgehead atoms. The maximum atomic E-state index is 9.36. The van der Waals surface area contributed by atoms with E-state index < -0.39 is 0 Å². The van der Waals surface area contributed by atoms with Crippen LogP contribution < -0.4 is 5.73 Å². The van der Waals surface area contributed by atoms with Crippen molar-refractivity contribution in [3.8, 4) is 5.75 Å². The van der Waals surface area contributed by atoms with Crippen LogP contribution in [0.25, 0.3) is 0 Å². The average Bonchev–Trinajstić information content (AvgIpc) is 2.42. The number of phenols is 1. The van der Waals surface area contributed by atoms with Gasteiger partial charge in [-0.15, -0.1) is 0 Å². The summed E-state index contributed by atoms with van der Waals surface area (Å²) in [5.41, 5.74) is 7.05. The number of benzene rings is 1. The van der Waals surface area contributed by atoms with Gasteiger partial charge in [-0.1, -0.05) is 19.1 Å². The first kappa shape index (κ1) is 13.4. The Hall–Kier alpha value is -1.06. The van der Waals surface area contributed by atoms with Crippen LogP contribution in [0.3, 0.4) is 0 Å². The highest BCUT2D eigenvalue weighted by Crippen LogP contribution is 2.29. The second-order valence-corrected chi connectivity index (χ2v) is 5.23. The lowest BCUT2D eigenvalue weighted by Crippen LogP contribution is -2.38. The van der Waals surface area contributed by atoms with Crippen molar-refractivity contribution in [2.75, 3.05) is 19.6 Å². The van der Waals surface area contributed by atoms with Gasteiger partial charge < -0.3 is 10.8 Å². The summed E-state index contributed by atoms with van der Waals surface area (Å²) in [6.07, 6.45) is 3.54. The zero-order chi connectivity index (χ0) is 13.0. The number of phenolic OH excluding ortho intramolecular Hbond substituents is 1. The third kappa shape index (κ3) is 3.03. The van der Waals surface area contributed by atoms with E-state index in [-0.39, 0.29) is 0 Å². The third-order valence-corrected chi connectivity index (χ3v) is 4.09. The molecule has 1 atom stereocenters. The summed E-state index contributed by atoms with van der Waals surface area (Å²) < 4.78 is 0. The third-order valence-electron chi connectivity index (χ3n) is 4.09. The zero-order valence-corrected chi connectivity index (χ0v) is 11.2. The standard InChI is InChI=1S/C15H24N2O/c1-2-15(13-3-5-14(18)6-4-13)17-9-7-12(11-16)8-10-17/h3-6,12,15,18H,2,7-11,16H2,1H3. The summed E-state index contributed by atoms with van der Waals surface area (Å²) in [7, 11) is 0. The van der Waals surface area contributed by atoms with Crippen LogP contribution >= 0.6 is 0 Å². The highest BCUT2D eigenvalue weighted by atomic mass is 16.3. The lowest BCUT2D eigenvalue weighted by atomic mass is 9.93. The van der Waals surface area contributed by atoms with Crippen molar-refractivity contribution in [3.63, 3.8) is 0 Å². The lowest BCUT2D eigenvalue weighted by Gasteiger charge is -2.37. The number of nitrogens with two attached hydrogens (primary N) is 1. The normalized spacial score (nSPS) is 19.9. The van der Waals surface area contributed by atoms with E-state index in [1.807, 2.05) is 12.1 Å². The molecule has 3 nitrogen and oxygen atoms in total. The summed E-state index contributed by atoms with van der Waals surface area (Å²) >= 11 is 0. The maximum absolute atomic E-state index is 9.36. The Morgan fingerprint density at radius 1 is 1.28 bits per heavy atom. The molecule has 3 heteroatoms. The quantitative estimate of drug-likeness (QED) is 0.861. The highest BCUT2D eigenvalue weighted by Gasteiger charge is 2.24. The molecule has 1 saturated heterocycles. The first-order chi connectivity index (χ1) is 8.74. The fourth-order valence-electron chi connectivity index (χ4n) is 2.90. The minimum atomic E-state index is 0.343. The molecule has 1 fully saturated rings. The molecule has 0 aliphatic carbocycles. The van der Waals surface area contributed by atoms with Crippen molar-refractivity contribution in [1.82, 2.24) is 4.90 Å².